The van der Waals surface area contributed by atoms with Gasteiger partial charge in [-0.3, -0.25) is 14.4 Å². The third-order valence-electron chi connectivity index (χ3n) is 6.72. The lowest BCUT2D eigenvalue weighted by Gasteiger charge is -2.35. The number of aromatic nitrogens is 2. The smallest absolute Gasteiger partial charge is 0.409 e. The Balaban J connectivity index is 1.60. The van der Waals surface area contributed by atoms with Crippen molar-refractivity contribution in [1.29, 1.82) is 0 Å². The molecule has 1 saturated heterocycles. The number of amides is 3. The number of carbonyl (C=O) groups excluding carboxylic acids is 3. The zero-order valence-corrected chi connectivity index (χ0v) is 23.5. The zero-order chi connectivity index (χ0) is 30.1. The molecule has 42 heavy (non-hydrogen) atoms. The third-order valence-corrected chi connectivity index (χ3v) is 6.72. The van der Waals surface area contributed by atoms with Gasteiger partial charge in [-0.15, -0.1) is 0 Å². The van der Waals surface area contributed by atoms with Gasteiger partial charge in [0.15, 0.2) is 5.82 Å². The Morgan fingerprint density at radius 2 is 1.62 bits per heavy atom. The standard InChI is InChI=1S/C30H33N5O7/c1-3-42-30(40)35-16-14-34(15-17-35)29(39)23(12-13-26(36)37)33-28(38)25-19-24(21-10-7-11-22(18-21)41-2)31-27(32-25)20-8-5-4-6-9-20/h4-11,18-19,23H,3,12-17H2,1-2H3,(H,33,38)(H,36,37). The second kappa shape index (κ2) is 14.1. The maximum absolute atomic E-state index is 13.6. The summed E-state index contributed by atoms with van der Waals surface area (Å²) in [4.78, 5) is 62.6. The Kier molecular flexibility index (Phi) is 10.0. The van der Waals surface area contributed by atoms with E-state index in [0.29, 0.717) is 28.4 Å². The van der Waals surface area contributed by atoms with Crippen molar-refractivity contribution in [2.75, 3.05) is 39.9 Å². The van der Waals surface area contributed by atoms with Crippen molar-refractivity contribution in [3.63, 3.8) is 0 Å². The molecular weight excluding hydrogens is 542 g/mol. The highest BCUT2D eigenvalue weighted by atomic mass is 16.6. The van der Waals surface area contributed by atoms with Gasteiger partial charge in [-0.1, -0.05) is 42.5 Å². The maximum atomic E-state index is 13.6. The highest BCUT2D eigenvalue weighted by Gasteiger charge is 2.31. The molecule has 12 nitrogen and oxygen atoms in total. The van der Waals surface area contributed by atoms with E-state index in [1.54, 1.807) is 32.2 Å². The molecule has 1 fully saturated rings. The van der Waals surface area contributed by atoms with E-state index in [-0.39, 0.29) is 51.3 Å². The van der Waals surface area contributed by atoms with Crippen LogP contribution in [0.5, 0.6) is 5.75 Å². The molecule has 1 aromatic heterocycles. The summed E-state index contributed by atoms with van der Waals surface area (Å²) in [5.74, 6) is -1.25. The van der Waals surface area contributed by atoms with E-state index in [2.05, 4.69) is 15.3 Å². The molecule has 1 aliphatic rings. The van der Waals surface area contributed by atoms with E-state index >= 15 is 0 Å². The van der Waals surface area contributed by atoms with E-state index in [9.17, 15) is 24.3 Å². The van der Waals surface area contributed by atoms with Crippen LogP contribution in [0, 0.1) is 0 Å². The van der Waals surface area contributed by atoms with E-state index in [1.807, 2.05) is 36.4 Å². The normalized spacial score (nSPS) is 13.7. The van der Waals surface area contributed by atoms with Gasteiger partial charge in [0.1, 0.15) is 17.5 Å². The first-order valence-electron chi connectivity index (χ1n) is 13.6. The largest absolute Gasteiger partial charge is 0.497 e. The van der Waals surface area contributed by atoms with Crippen molar-refractivity contribution >= 4 is 23.9 Å². The molecular formula is C30H33N5O7. The van der Waals surface area contributed by atoms with Gasteiger partial charge in [0.2, 0.25) is 5.91 Å². The van der Waals surface area contributed by atoms with Gasteiger partial charge in [0.25, 0.3) is 5.91 Å². The van der Waals surface area contributed by atoms with Crippen LogP contribution in [-0.4, -0.2) is 94.7 Å². The average molecular weight is 576 g/mol. The number of benzene rings is 2. The molecule has 2 aromatic carbocycles. The minimum atomic E-state index is -1.11. The van der Waals surface area contributed by atoms with E-state index in [0.717, 1.165) is 0 Å². The number of hydrogen-bond acceptors (Lipinski definition) is 8. The van der Waals surface area contributed by atoms with E-state index < -0.39 is 29.9 Å². The van der Waals surface area contributed by atoms with Crippen LogP contribution in [-0.2, 0) is 14.3 Å². The molecule has 1 unspecified atom stereocenters. The topological polar surface area (TPSA) is 151 Å². The summed E-state index contributed by atoms with van der Waals surface area (Å²) in [7, 11) is 1.55. The van der Waals surface area contributed by atoms with Crippen molar-refractivity contribution in [2.45, 2.75) is 25.8 Å². The molecule has 12 heteroatoms. The number of carboxylic acid groups (broad SMARTS) is 1. The number of ether oxygens (including phenoxy) is 2. The second-order valence-corrected chi connectivity index (χ2v) is 9.53. The molecule has 3 aromatic rings. The molecule has 220 valence electrons. The predicted octanol–water partition coefficient (Wildman–Crippen LogP) is 3.08. The monoisotopic (exact) mass is 575 g/mol. The number of methoxy groups -OCH3 is 1. The Morgan fingerprint density at radius 1 is 0.929 bits per heavy atom. The quantitative estimate of drug-likeness (QED) is 0.372. The summed E-state index contributed by atoms with van der Waals surface area (Å²) < 4.78 is 10.4. The van der Waals surface area contributed by atoms with Crippen LogP contribution >= 0.6 is 0 Å². The maximum Gasteiger partial charge on any atom is 0.409 e. The van der Waals surface area contributed by atoms with Crippen molar-refractivity contribution in [3.05, 3.63) is 66.4 Å². The highest BCUT2D eigenvalue weighted by molar-refractivity contribution is 5.97. The summed E-state index contributed by atoms with van der Waals surface area (Å²) >= 11 is 0. The van der Waals surface area contributed by atoms with Gasteiger partial charge < -0.3 is 29.7 Å². The first kappa shape index (κ1) is 30.0. The molecule has 2 heterocycles. The Hall–Kier alpha value is -5.00. The van der Waals surface area contributed by atoms with Crippen LogP contribution in [0.2, 0.25) is 0 Å². The summed E-state index contributed by atoms with van der Waals surface area (Å²) in [5.41, 5.74) is 1.87. The second-order valence-electron chi connectivity index (χ2n) is 9.53. The minimum absolute atomic E-state index is 0.0157. The predicted molar refractivity (Wildman–Crippen MR) is 153 cm³/mol. The van der Waals surface area contributed by atoms with E-state index in [1.165, 1.54) is 15.9 Å². The molecule has 0 bridgehead atoms. The van der Waals surface area contributed by atoms with Gasteiger partial charge in [-0.05, 0) is 31.5 Å². The van der Waals surface area contributed by atoms with Crippen LogP contribution in [0.3, 0.4) is 0 Å². The van der Waals surface area contributed by atoms with Crippen LogP contribution in [0.4, 0.5) is 4.79 Å². The van der Waals surface area contributed by atoms with Gasteiger partial charge >= 0.3 is 12.1 Å². The molecule has 1 aliphatic heterocycles. The number of carboxylic acids is 1. The molecule has 3 amide bonds. The molecule has 0 saturated carbocycles. The van der Waals surface area contributed by atoms with Crippen LogP contribution in [0.1, 0.15) is 30.3 Å². The van der Waals surface area contributed by atoms with Crippen LogP contribution in [0.15, 0.2) is 60.7 Å². The summed E-state index contributed by atoms with van der Waals surface area (Å²) in [6.45, 7) is 2.94. The number of hydrogen-bond donors (Lipinski definition) is 2. The fourth-order valence-corrected chi connectivity index (χ4v) is 4.51. The lowest BCUT2D eigenvalue weighted by Crippen LogP contribution is -2.56. The molecule has 4 rings (SSSR count). The van der Waals surface area contributed by atoms with Crippen molar-refractivity contribution in [3.8, 4) is 28.4 Å². The number of nitrogens with one attached hydrogen (secondary N) is 1. The Labute approximate surface area is 243 Å². The number of aliphatic carboxylic acids is 1. The zero-order valence-electron chi connectivity index (χ0n) is 23.5. The summed E-state index contributed by atoms with van der Waals surface area (Å²) in [6.07, 6.45) is -0.893. The molecule has 2 N–H and O–H groups in total. The summed E-state index contributed by atoms with van der Waals surface area (Å²) in [5, 5.41) is 12.0. The number of carbonyl (C=O) groups is 4. The van der Waals surface area contributed by atoms with Gasteiger partial charge in [-0.25, -0.2) is 14.8 Å². The van der Waals surface area contributed by atoms with Crippen molar-refractivity contribution in [2.24, 2.45) is 0 Å². The Bertz CT molecular complexity index is 1420. The molecule has 1 atom stereocenters. The molecule has 0 spiro atoms. The van der Waals surface area contributed by atoms with Crippen LogP contribution < -0.4 is 10.1 Å². The molecule has 0 aliphatic carbocycles. The highest BCUT2D eigenvalue weighted by Crippen LogP contribution is 2.25. The first-order chi connectivity index (χ1) is 20.3. The summed E-state index contributed by atoms with van der Waals surface area (Å²) in [6, 6.07) is 16.8. The fourth-order valence-electron chi connectivity index (χ4n) is 4.51. The lowest BCUT2D eigenvalue weighted by molar-refractivity contribution is -0.138. The SMILES string of the molecule is CCOC(=O)N1CCN(C(=O)C(CCC(=O)O)NC(=O)c2cc(-c3cccc(OC)c3)nc(-c3ccccc3)n2)CC1. The third kappa shape index (κ3) is 7.59. The first-order valence-corrected chi connectivity index (χ1v) is 13.6. The average Bonchev–Trinajstić information content (AvgIpc) is 3.03. The fraction of sp³-hybridized carbons (Fsp3) is 0.333. The van der Waals surface area contributed by atoms with Gasteiger partial charge in [0, 0.05) is 43.7 Å². The van der Waals surface area contributed by atoms with E-state index in [4.69, 9.17) is 9.47 Å². The molecule has 0 radical (unpaired) electrons. The number of nitrogens with zero attached hydrogens (tertiary/aromatic N) is 4. The van der Waals surface area contributed by atoms with Gasteiger partial charge in [0.05, 0.1) is 19.4 Å². The Morgan fingerprint density at radius 3 is 2.29 bits per heavy atom. The number of piperazine rings is 1. The van der Waals surface area contributed by atoms with Crippen molar-refractivity contribution in [1.82, 2.24) is 25.1 Å². The number of rotatable bonds is 10. The van der Waals surface area contributed by atoms with Gasteiger partial charge in [-0.2, -0.15) is 0 Å². The van der Waals surface area contributed by atoms with Crippen LogP contribution in [0.25, 0.3) is 22.6 Å². The minimum Gasteiger partial charge on any atom is -0.497 e. The van der Waals surface area contributed by atoms with Crippen molar-refractivity contribution < 1.29 is 33.8 Å². The lowest BCUT2D eigenvalue weighted by atomic mass is 10.1.